The molecule has 0 saturated heterocycles. The van der Waals surface area contributed by atoms with E-state index in [-0.39, 0.29) is 13.2 Å². The topological polar surface area (TPSA) is 258 Å². The van der Waals surface area contributed by atoms with Gasteiger partial charge in [-0.1, -0.05) is 24.3 Å². The van der Waals surface area contributed by atoms with E-state index in [9.17, 15) is 45.6 Å². The van der Waals surface area contributed by atoms with Gasteiger partial charge in [-0.25, -0.2) is 4.79 Å². The third-order valence-corrected chi connectivity index (χ3v) is 5.35. The van der Waals surface area contributed by atoms with Crippen molar-refractivity contribution in [2.24, 2.45) is 5.73 Å². The van der Waals surface area contributed by atoms with Crippen molar-refractivity contribution in [3.8, 4) is 0 Å². The third kappa shape index (κ3) is 10.3. The van der Waals surface area contributed by atoms with Crippen LogP contribution in [0, 0.1) is 0 Å². The molecule has 0 aliphatic rings. The number of nitrogens with two attached hydrogens (primary N) is 1. The summed E-state index contributed by atoms with van der Waals surface area (Å²) in [6.45, 7) is -2.57. The van der Waals surface area contributed by atoms with Crippen LogP contribution in [0.15, 0.2) is 24.3 Å². The van der Waals surface area contributed by atoms with Crippen molar-refractivity contribution >= 4 is 6.09 Å². The summed E-state index contributed by atoms with van der Waals surface area (Å²) in [5.41, 5.74) is 6.16. The normalized spacial score (nSPS) is 18.8. The zero-order chi connectivity index (χ0) is 26.7. The summed E-state index contributed by atoms with van der Waals surface area (Å²) in [6, 6.07) is 6.51. The molecule has 1 amide bonds. The zero-order valence-electron chi connectivity index (χ0n) is 19.0. The molecule has 0 radical (unpaired) electrons. The summed E-state index contributed by atoms with van der Waals surface area (Å²) in [4.78, 5) is 12.1. The van der Waals surface area contributed by atoms with Crippen LogP contribution in [-0.2, 0) is 17.9 Å². The molecule has 0 aromatic heterocycles. The minimum Gasteiger partial charge on any atom is -0.445 e. The second-order valence-corrected chi connectivity index (χ2v) is 8.22. The van der Waals surface area contributed by atoms with Gasteiger partial charge in [0, 0.05) is 19.6 Å². The van der Waals surface area contributed by atoms with Crippen LogP contribution in [0.4, 0.5) is 4.79 Å². The predicted molar refractivity (Wildman–Crippen MR) is 118 cm³/mol. The fraction of sp³-hybridized carbons (Fsp3) is 0.667. The number of ether oxygens (including phenoxy) is 1. The standard InChI is InChI=1S/C21H36N2O12/c22-21(34)35-10-12-3-1-11(2-4-12)5-23(6-13(26)17(30)19(32)15(28)8-24)7-14(27)18(31)20(33)16(29)9-25/h1-4,13-20,24-33H,5-10H2,(H2,22,34). The van der Waals surface area contributed by atoms with Gasteiger partial charge in [-0.2, -0.15) is 0 Å². The Labute approximate surface area is 201 Å². The van der Waals surface area contributed by atoms with Crippen molar-refractivity contribution < 1.29 is 60.6 Å². The summed E-state index contributed by atoms with van der Waals surface area (Å²) >= 11 is 0. The summed E-state index contributed by atoms with van der Waals surface area (Å²) in [7, 11) is 0. The van der Waals surface area contributed by atoms with Crippen LogP contribution in [-0.4, -0.2) is 137 Å². The maximum Gasteiger partial charge on any atom is 0.404 e. The first-order valence-electron chi connectivity index (χ1n) is 10.8. The molecule has 14 heteroatoms. The van der Waals surface area contributed by atoms with Gasteiger partial charge < -0.3 is 61.5 Å². The van der Waals surface area contributed by atoms with Crippen molar-refractivity contribution in [1.29, 1.82) is 0 Å². The number of aliphatic hydroxyl groups excluding tert-OH is 10. The van der Waals surface area contributed by atoms with E-state index in [1.165, 1.54) is 4.90 Å². The average molecular weight is 509 g/mol. The average Bonchev–Trinajstić information content (AvgIpc) is 2.84. The first kappa shape index (κ1) is 31.1. The fourth-order valence-electron chi connectivity index (χ4n) is 3.23. The molecule has 1 rings (SSSR count). The number of hydrogen-bond acceptors (Lipinski definition) is 13. The number of rotatable bonds is 16. The number of benzene rings is 1. The summed E-state index contributed by atoms with van der Waals surface area (Å²) in [5.74, 6) is 0. The second-order valence-electron chi connectivity index (χ2n) is 8.22. The maximum absolute atomic E-state index is 10.7. The molecule has 202 valence electrons. The maximum atomic E-state index is 10.7. The summed E-state index contributed by atoms with van der Waals surface area (Å²) < 4.78 is 4.69. The number of aliphatic hydroxyl groups is 10. The van der Waals surface area contributed by atoms with Gasteiger partial charge in [0.05, 0.1) is 25.4 Å². The van der Waals surface area contributed by atoms with Crippen LogP contribution in [0.5, 0.6) is 0 Å². The van der Waals surface area contributed by atoms with E-state index in [1.54, 1.807) is 24.3 Å². The number of primary amides is 1. The molecule has 0 bridgehead atoms. The molecule has 8 atom stereocenters. The minimum absolute atomic E-state index is 0.0157. The van der Waals surface area contributed by atoms with Gasteiger partial charge in [0.2, 0.25) is 0 Å². The van der Waals surface area contributed by atoms with Crippen LogP contribution in [0.25, 0.3) is 0 Å². The van der Waals surface area contributed by atoms with Crippen molar-refractivity contribution in [2.75, 3.05) is 26.3 Å². The van der Waals surface area contributed by atoms with E-state index in [1.807, 2.05) is 0 Å². The van der Waals surface area contributed by atoms with Gasteiger partial charge in [-0.3, -0.25) is 4.90 Å². The van der Waals surface area contributed by atoms with E-state index >= 15 is 0 Å². The molecule has 1 aromatic rings. The Morgan fingerprint density at radius 3 is 1.46 bits per heavy atom. The molecular weight excluding hydrogens is 472 g/mol. The lowest BCUT2D eigenvalue weighted by Crippen LogP contribution is -2.53. The molecule has 0 heterocycles. The molecule has 12 N–H and O–H groups in total. The zero-order valence-corrected chi connectivity index (χ0v) is 19.0. The highest BCUT2D eigenvalue weighted by molar-refractivity contribution is 5.64. The van der Waals surface area contributed by atoms with Gasteiger partial charge in [-0.15, -0.1) is 0 Å². The van der Waals surface area contributed by atoms with Gasteiger partial charge >= 0.3 is 6.09 Å². The number of carbonyl (C=O) groups is 1. The Morgan fingerprint density at radius 2 is 1.09 bits per heavy atom. The molecule has 0 fully saturated rings. The quantitative estimate of drug-likeness (QED) is 0.100. The van der Waals surface area contributed by atoms with Gasteiger partial charge in [0.1, 0.15) is 43.2 Å². The molecule has 0 saturated carbocycles. The van der Waals surface area contributed by atoms with E-state index in [0.29, 0.717) is 11.1 Å². The van der Waals surface area contributed by atoms with E-state index in [4.69, 9.17) is 20.7 Å². The second kappa shape index (κ2) is 15.2. The third-order valence-electron chi connectivity index (χ3n) is 5.35. The lowest BCUT2D eigenvalue weighted by molar-refractivity contribution is -0.131. The highest BCUT2D eigenvalue weighted by Crippen LogP contribution is 2.14. The van der Waals surface area contributed by atoms with Crippen molar-refractivity contribution in [1.82, 2.24) is 4.90 Å². The smallest absolute Gasteiger partial charge is 0.404 e. The molecule has 8 unspecified atom stereocenters. The Hall–Kier alpha value is -1.95. The monoisotopic (exact) mass is 508 g/mol. The Balaban J connectivity index is 2.98. The minimum atomic E-state index is -1.88. The molecule has 0 aliphatic heterocycles. The lowest BCUT2D eigenvalue weighted by Gasteiger charge is -2.33. The van der Waals surface area contributed by atoms with Crippen molar-refractivity contribution in [2.45, 2.75) is 62.0 Å². The van der Waals surface area contributed by atoms with Gasteiger partial charge in [-0.05, 0) is 11.1 Å². The van der Waals surface area contributed by atoms with Gasteiger partial charge in [0.25, 0.3) is 0 Å². The van der Waals surface area contributed by atoms with E-state index in [0.717, 1.165) is 0 Å². The first-order chi connectivity index (χ1) is 16.4. The number of amides is 1. The Bertz CT molecular complexity index is 710. The Morgan fingerprint density at radius 1 is 0.714 bits per heavy atom. The molecular formula is C21H36N2O12. The van der Waals surface area contributed by atoms with E-state index < -0.39 is 81.2 Å². The van der Waals surface area contributed by atoms with Crippen molar-refractivity contribution in [3.05, 3.63) is 35.4 Å². The molecule has 14 nitrogen and oxygen atoms in total. The SMILES string of the molecule is NC(=O)OCc1ccc(CN(CC(O)C(O)C(O)C(O)CO)CC(O)C(O)C(O)C(O)CO)cc1. The van der Waals surface area contributed by atoms with Crippen molar-refractivity contribution in [3.63, 3.8) is 0 Å². The summed E-state index contributed by atoms with van der Waals surface area (Å²) in [5, 5.41) is 97.5. The molecule has 0 aliphatic carbocycles. The molecule has 35 heavy (non-hydrogen) atoms. The highest BCUT2D eigenvalue weighted by Gasteiger charge is 2.34. The molecule has 1 aromatic carbocycles. The lowest BCUT2D eigenvalue weighted by atomic mass is 10.0. The van der Waals surface area contributed by atoms with Crippen LogP contribution in [0.2, 0.25) is 0 Å². The number of hydrogen-bond donors (Lipinski definition) is 11. The largest absolute Gasteiger partial charge is 0.445 e. The highest BCUT2D eigenvalue weighted by atomic mass is 16.5. The van der Waals surface area contributed by atoms with Crippen LogP contribution in [0.3, 0.4) is 0 Å². The van der Waals surface area contributed by atoms with E-state index in [2.05, 4.69) is 0 Å². The molecule has 0 spiro atoms. The Kier molecular flexibility index (Phi) is 13.5. The summed E-state index contributed by atoms with van der Waals surface area (Å²) in [6.07, 6.45) is -15.2. The van der Waals surface area contributed by atoms with Crippen LogP contribution < -0.4 is 5.73 Å². The van der Waals surface area contributed by atoms with Crippen LogP contribution >= 0.6 is 0 Å². The van der Waals surface area contributed by atoms with Crippen LogP contribution in [0.1, 0.15) is 11.1 Å². The number of carbonyl (C=O) groups excluding carboxylic acids is 1. The first-order valence-corrected chi connectivity index (χ1v) is 10.8. The predicted octanol–water partition coefficient (Wildman–Crippen LogP) is -5.04. The number of nitrogens with zero attached hydrogens (tertiary/aromatic N) is 1. The fourth-order valence-corrected chi connectivity index (χ4v) is 3.23. The van der Waals surface area contributed by atoms with Gasteiger partial charge in [0.15, 0.2) is 0 Å².